The lowest BCUT2D eigenvalue weighted by atomic mass is 9.79. The van der Waals surface area contributed by atoms with Crippen molar-refractivity contribution in [2.45, 2.75) is 0 Å². The molecule has 2 rings (SSSR count). The van der Waals surface area contributed by atoms with Gasteiger partial charge in [0.2, 0.25) is 5.88 Å². The van der Waals surface area contributed by atoms with E-state index in [9.17, 15) is 5.02 Å². The van der Waals surface area contributed by atoms with Gasteiger partial charge in [0.1, 0.15) is 5.75 Å². The average molecular weight is 229 g/mol. The zero-order valence-corrected chi connectivity index (χ0v) is 9.41. The molecule has 86 valence electrons. The molecule has 0 radical (unpaired) electrons. The molecule has 2 aromatic rings. The van der Waals surface area contributed by atoms with E-state index in [0.29, 0.717) is 17.1 Å². The monoisotopic (exact) mass is 229 g/mol. The fourth-order valence-corrected chi connectivity index (χ4v) is 1.37. The molecule has 0 spiro atoms. The molecule has 1 aromatic carbocycles. The molecule has 0 saturated carbocycles. The Hall–Kier alpha value is -2.01. The van der Waals surface area contributed by atoms with Crippen LogP contribution in [0.4, 0.5) is 0 Å². The van der Waals surface area contributed by atoms with Gasteiger partial charge in [0.25, 0.3) is 0 Å². The van der Waals surface area contributed by atoms with E-state index in [0.717, 1.165) is 0 Å². The summed E-state index contributed by atoms with van der Waals surface area (Å²) in [5.41, 5.74) is 0.698. The van der Waals surface area contributed by atoms with E-state index in [-0.39, 0.29) is 0 Å². The molecule has 17 heavy (non-hydrogen) atoms. The van der Waals surface area contributed by atoms with Crippen molar-refractivity contribution in [3.63, 3.8) is 0 Å². The number of ether oxygens (including phenoxy) is 1. The van der Waals surface area contributed by atoms with Gasteiger partial charge in [-0.15, -0.1) is 0 Å². The zero-order chi connectivity index (χ0) is 12.1. The lowest BCUT2D eigenvalue weighted by Gasteiger charge is -2.09. The van der Waals surface area contributed by atoms with Crippen molar-refractivity contribution in [3.05, 3.63) is 48.7 Å². The SMILES string of the molecule is COc1ccc(OB(O)c2ccccc2)cn1. The largest absolute Gasteiger partial charge is 0.560 e. The van der Waals surface area contributed by atoms with Gasteiger partial charge in [-0.25, -0.2) is 4.98 Å². The summed E-state index contributed by atoms with van der Waals surface area (Å²) < 4.78 is 10.3. The molecule has 1 N–H and O–H groups in total. The highest BCUT2D eigenvalue weighted by molar-refractivity contribution is 6.60. The molecule has 0 atom stereocenters. The van der Waals surface area contributed by atoms with Crippen molar-refractivity contribution >= 4 is 12.6 Å². The minimum Gasteiger partial charge on any atom is -0.531 e. The molecule has 0 aliphatic heterocycles. The molecule has 0 aliphatic rings. The van der Waals surface area contributed by atoms with E-state index in [1.165, 1.54) is 6.20 Å². The molecule has 0 amide bonds. The lowest BCUT2D eigenvalue weighted by molar-refractivity contribution is 0.393. The van der Waals surface area contributed by atoms with Crippen LogP contribution in [-0.4, -0.2) is 24.2 Å². The summed E-state index contributed by atoms with van der Waals surface area (Å²) in [7, 11) is 0.549. The molecule has 0 unspecified atom stereocenters. The minimum atomic E-state index is -0.994. The Balaban J connectivity index is 2.05. The summed E-state index contributed by atoms with van der Waals surface area (Å²) in [6, 6.07) is 12.5. The Bertz CT molecular complexity index is 461. The number of hydrogen-bond acceptors (Lipinski definition) is 4. The second kappa shape index (κ2) is 5.36. The minimum absolute atomic E-state index is 0.488. The first-order valence-electron chi connectivity index (χ1n) is 5.19. The standard InChI is InChI=1S/C12H12BNO3/c1-16-12-8-7-11(9-14-12)17-13(15)10-5-3-2-4-6-10/h2-9,15H,1H3. The molecule has 4 nitrogen and oxygen atoms in total. The van der Waals surface area contributed by atoms with Gasteiger partial charge in [0.05, 0.1) is 13.3 Å². The van der Waals surface area contributed by atoms with E-state index >= 15 is 0 Å². The fraction of sp³-hybridized carbons (Fsp3) is 0.0833. The molecule has 1 aromatic heterocycles. The normalized spacial score (nSPS) is 9.76. The van der Waals surface area contributed by atoms with Crippen LogP contribution >= 0.6 is 0 Å². The second-order valence-electron chi connectivity index (χ2n) is 3.42. The zero-order valence-electron chi connectivity index (χ0n) is 9.41. The van der Waals surface area contributed by atoms with Crippen molar-refractivity contribution in [3.8, 4) is 11.6 Å². The Labute approximate surface area is 100.0 Å². The summed E-state index contributed by atoms with van der Waals surface area (Å²) in [6.07, 6.45) is 1.50. The number of benzene rings is 1. The summed E-state index contributed by atoms with van der Waals surface area (Å²) in [4.78, 5) is 3.99. The molecule has 0 fully saturated rings. The number of rotatable bonds is 4. The summed E-state index contributed by atoms with van der Waals surface area (Å²) in [5, 5.41) is 9.82. The summed E-state index contributed by atoms with van der Waals surface area (Å²) in [6.45, 7) is 0. The number of pyridine rings is 1. The maximum Gasteiger partial charge on any atom is 0.560 e. The Morgan fingerprint density at radius 2 is 1.88 bits per heavy atom. The third-order valence-electron chi connectivity index (χ3n) is 2.25. The van der Waals surface area contributed by atoms with Gasteiger partial charge in [0.15, 0.2) is 0 Å². The fourth-order valence-electron chi connectivity index (χ4n) is 1.37. The van der Waals surface area contributed by atoms with Crippen molar-refractivity contribution in [1.82, 2.24) is 4.98 Å². The summed E-state index contributed by atoms with van der Waals surface area (Å²) in [5.74, 6) is 0.994. The number of nitrogens with zero attached hydrogens (tertiary/aromatic N) is 1. The molecule has 0 aliphatic carbocycles. The first-order chi connectivity index (χ1) is 8.29. The molecule has 1 heterocycles. The van der Waals surface area contributed by atoms with Crippen LogP contribution in [0.25, 0.3) is 0 Å². The highest BCUT2D eigenvalue weighted by atomic mass is 16.5. The van der Waals surface area contributed by atoms with Crippen molar-refractivity contribution < 1.29 is 14.4 Å². The van der Waals surface area contributed by atoms with Crippen LogP contribution in [0.3, 0.4) is 0 Å². The van der Waals surface area contributed by atoms with Gasteiger partial charge < -0.3 is 14.4 Å². The highest BCUT2D eigenvalue weighted by Crippen LogP contribution is 2.13. The average Bonchev–Trinajstić information content (AvgIpc) is 2.40. The third-order valence-corrected chi connectivity index (χ3v) is 2.25. The Morgan fingerprint density at radius 1 is 1.12 bits per heavy atom. The van der Waals surface area contributed by atoms with E-state index in [4.69, 9.17) is 9.39 Å². The number of methoxy groups -OCH3 is 1. The van der Waals surface area contributed by atoms with Crippen LogP contribution in [0.15, 0.2) is 48.7 Å². The first kappa shape index (κ1) is 11.5. The highest BCUT2D eigenvalue weighted by Gasteiger charge is 2.18. The van der Waals surface area contributed by atoms with E-state index in [2.05, 4.69) is 4.98 Å². The quantitative estimate of drug-likeness (QED) is 0.790. The second-order valence-corrected chi connectivity index (χ2v) is 3.42. The topological polar surface area (TPSA) is 51.6 Å². The molecule has 5 heteroatoms. The molecule has 0 bridgehead atoms. The van der Waals surface area contributed by atoms with E-state index < -0.39 is 7.12 Å². The maximum atomic E-state index is 9.82. The maximum absolute atomic E-state index is 9.82. The van der Waals surface area contributed by atoms with Crippen LogP contribution in [-0.2, 0) is 0 Å². The van der Waals surface area contributed by atoms with Gasteiger partial charge in [-0.3, -0.25) is 0 Å². The van der Waals surface area contributed by atoms with E-state index in [1.54, 1.807) is 31.4 Å². The molecular weight excluding hydrogens is 217 g/mol. The van der Waals surface area contributed by atoms with E-state index in [1.807, 2.05) is 18.2 Å². The smallest absolute Gasteiger partial charge is 0.531 e. The van der Waals surface area contributed by atoms with Crippen LogP contribution < -0.4 is 14.9 Å². The van der Waals surface area contributed by atoms with Crippen LogP contribution in [0, 0.1) is 0 Å². The van der Waals surface area contributed by atoms with Gasteiger partial charge in [-0.1, -0.05) is 30.3 Å². The van der Waals surface area contributed by atoms with Crippen LogP contribution in [0.2, 0.25) is 0 Å². The molecule has 0 saturated heterocycles. The predicted octanol–water partition coefficient (Wildman–Crippen LogP) is 0.857. The van der Waals surface area contributed by atoms with Crippen molar-refractivity contribution in [2.75, 3.05) is 7.11 Å². The van der Waals surface area contributed by atoms with Crippen LogP contribution in [0.5, 0.6) is 11.6 Å². The van der Waals surface area contributed by atoms with Gasteiger partial charge >= 0.3 is 7.12 Å². The first-order valence-corrected chi connectivity index (χ1v) is 5.19. The Kier molecular flexibility index (Phi) is 3.62. The van der Waals surface area contributed by atoms with Gasteiger partial charge in [-0.05, 0) is 11.5 Å². The summed E-state index contributed by atoms with van der Waals surface area (Å²) >= 11 is 0. The molecular formula is C12H12BNO3. The number of hydrogen-bond donors (Lipinski definition) is 1. The van der Waals surface area contributed by atoms with Gasteiger partial charge in [0, 0.05) is 6.07 Å². The van der Waals surface area contributed by atoms with Crippen molar-refractivity contribution in [2.24, 2.45) is 0 Å². The van der Waals surface area contributed by atoms with Crippen molar-refractivity contribution in [1.29, 1.82) is 0 Å². The van der Waals surface area contributed by atoms with Gasteiger partial charge in [-0.2, -0.15) is 0 Å². The third kappa shape index (κ3) is 2.98. The lowest BCUT2D eigenvalue weighted by Crippen LogP contribution is -2.36. The number of aromatic nitrogens is 1. The predicted molar refractivity (Wildman–Crippen MR) is 65.5 cm³/mol. The van der Waals surface area contributed by atoms with Crippen LogP contribution in [0.1, 0.15) is 0 Å². The Morgan fingerprint density at radius 3 is 2.47 bits per heavy atom.